The Morgan fingerprint density at radius 2 is 2.29 bits per heavy atom. The van der Waals surface area contributed by atoms with Crippen molar-refractivity contribution in [2.75, 3.05) is 11.4 Å². The van der Waals surface area contributed by atoms with Crippen molar-refractivity contribution >= 4 is 28.6 Å². The fraction of sp³-hybridized carbons (Fsp3) is 0.545. The average molecular weight is 252 g/mol. The Morgan fingerprint density at radius 3 is 3.00 bits per heavy atom. The number of nitrogens with one attached hydrogen (secondary N) is 1. The first-order valence-corrected chi connectivity index (χ1v) is 6.30. The van der Waals surface area contributed by atoms with Gasteiger partial charge in [0.25, 0.3) is 0 Å². The highest BCUT2D eigenvalue weighted by molar-refractivity contribution is 6.28. The van der Waals surface area contributed by atoms with Gasteiger partial charge in [-0.05, 0) is 30.9 Å². The maximum Gasteiger partial charge on any atom is 0.226 e. The molecule has 2 aromatic rings. The van der Waals surface area contributed by atoms with Crippen LogP contribution >= 0.6 is 11.6 Å². The smallest absolute Gasteiger partial charge is 0.226 e. The molecule has 5 nitrogen and oxygen atoms in total. The summed E-state index contributed by atoms with van der Waals surface area (Å²) in [7, 11) is 0. The van der Waals surface area contributed by atoms with Gasteiger partial charge in [0.2, 0.25) is 5.28 Å². The number of hydrogen-bond donors (Lipinski definition) is 1. The third-order valence-electron chi connectivity index (χ3n) is 2.96. The Bertz CT molecular complexity index is 534. The highest BCUT2D eigenvalue weighted by Crippen LogP contribution is 2.33. The predicted octanol–water partition coefficient (Wildman–Crippen LogP) is 2.39. The van der Waals surface area contributed by atoms with E-state index in [1.54, 1.807) is 6.33 Å². The Hall–Kier alpha value is -1.36. The zero-order valence-corrected chi connectivity index (χ0v) is 10.4. The van der Waals surface area contributed by atoms with Gasteiger partial charge in [-0.3, -0.25) is 0 Å². The van der Waals surface area contributed by atoms with Crippen LogP contribution in [-0.2, 0) is 0 Å². The first kappa shape index (κ1) is 10.8. The van der Waals surface area contributed by atoms with E-state index in [0.29, 0.717) is 11.7 Å². The molecule has 0 aromatic carbocycles. The molecule has 3 rings (SSSR count). The minimum atomic E-state index is 0.265. The van der Waals surface area contributed by atoms with Crippen molar-refractivity contribution in [1.82, 2.24) is 19.9 Å². The molecule has 0 atom stereocenters. The topological polar surface area (TPSA) is 57.7 Å². The molecular formula is C11H14ClN5. The highest BCUT2D eigenvalue weighted by Gasteiger charge is 2.31. The van der Waals surface area contributed by atoms with Crippen LogP contribution in [0.25, 0.3) is 11.2 Å². The molecule has 0 unspecified atom stereocenters. The summed E-state index contributed by atoms with van der Waals surface area (Å²) < 4.78 is 0. The van der Waals surface area contributed by atoms with Crippen LogP contribution in [-0.4, -0.2) is 32.5 Å². The van der Waals surface area contributed by atoms with Gasteiger partial charge in [-0.15, -0.1) is 0 Å². The standard InChI is InChI=1S/C11H14ClN5/c1-2-5-17(7-3-4-7)10-8-9(14-6-13-8)15-11(12)16-10/h6-7H,2-5H2,1H3,(H,13,14,15,16). The van der Waals surface area contributed by atoms with Gasteiger partial charge >= 0.3 is 0 Å². The molecule has 0 saturated heterocycles. The van der Waals surface area contributed by atoms with Gasteiger partial charge in [-0.2, -0.15) is 9.97 Å². The van der Waals surface area contributed by atoms with Gasteiger partial charge in [0.1, 0.15) is 5.52 Å². The van der Waals surface area contributed by atoms with Crippen LogP contribution in [0, 0.1) is 0 Å². The van der Waals surface area contributed by atoms with E-state index in [4.69, 9.17) is 11.6 Å². The van der Waals surface area contributed by atoms with E-state index in [2.05, 4.69) is 31.8 Å². The molecule has 0 aliphatic heterocycles. The summed E-state index contributed by atoms with van der Waals surface area (Å²) in [6.07, 6.45) is 5.19. The molecule has 1 saturated carbocycles. The van der Waals surface area contributed by atoms with Gasteiger partial charge in [-0.25, -0.2) is 4.98 Å². The van der Waals surface area contributed by atoms with Crippen molar-refractivity contribution in [1.29, 1.82) is 0 Å². The van der Waals surface area contributed by atoms with E-state index in [0.717, 1.165) is 24.3 Å². The number of hydrogen-bond acceptors (Lipinski definition) is 4. The highest BCUT2D eigenvalue weighted by atomic mass is 35.5. The second-order valence-corrected chi connectivity index (χ2v) is 4.68. The number of rotatable bonds is 4. The second-order valence-electron chi connectivity index (χ2n) is 4.34. The minimum Gasteiger partial charge on any atom is -0.352 e. The van der Waals surface area contributed by atoms with Crippen molar-refractivity contribution in [3.8, 4) is 0 Å². The Kier molecular flexibility index (Phi) is 2.63. The fourth-order valence-corrected chi connectivity index (χ4v) is 2.25. The van der Waals surface area contributed by atoms with Gasteiger partial charge in [0.15, 0.2) is 11.5 Å². The lowest BCUT2D eigenvalue weighted by Gasteiger charge is -2.23. The second kappa shape index (κ2) is 4.14. The molecule has 2 heterocycles. The lowest BCUT2D eigenvalue weighted by Crippen LogP contribution is -2.27. The summed E-state index contributed by atoms with van der Waals surface area (Å²) in [6.45, 7) is 3.16. The van der Waals surface area contributed by atoms with Crippen LogP contribution in [0.4, 0.5) is 5.82 Å². The van der Waals surface area contributed by atoms with E-state index < -0.39 is 0 Å². The maximum absolute atomic E-state index is 5.95. The lowest BCUT2D eigenvalue weighted by atomic mass is 10.3. The van der Waals surface area contributed by atoms with E-state index >= 15 is 0 Å². The first-order chi connectivity index (χ1) is 8.29. The van der Waals surface area contributed by atoms with E-state index in [1.807, 2.05) is 0 Å². The largest absolute Gasteiger partial charge is 0.352 e. The van der Waals surface area contributed by atoms with Gasteiger partial charge < -0.3 is 9.88 Å². The van der Waals surface area contributed by atoms with Crippen molar-refractivity contribution in [2.24, 2.45) is 0 Å². The first-order valence-electron chi connectivity index (χ1n) is 5.93. The Morgan fingerprint density at radius 1 is 1.47 bits per heavy atom. The molecule has 0 spiro atoms. The predicted molar refractivity (Wildman–Crippen MR) is 67.4 cm³/mol. The molecule has 17 heavy (non-hydrogen) atoms. The molecule has 90 valence electrons. The zero-order chi connectivity index (χ0) is 11.8. The van der Waals surface area contributed by atoms with Crippen LogP contribution in [0.5, 0.6) is 0 Å². The summed E-state index contributed by atoms with van der Waals surface area (Å²) in [4.78, 5) is 18.0. The summed E-state index contributed by atoms with van der Waals surface area (Å²) >= 11 is 5.95. The van der Waals surface area contributed by atoms with Gasteiger partial charge in [0.05, 0.1) is 6.33 Å². The third-order valence-corrected chi connectivity index (χ3v) is 3.13. The molecule has 1 aliphatic carbocycles. The monoisotopic (exact) mass is 251 g/mol. The van der Waals surface area contributed by atoms with Crippen LogP contribution in [0.1, 0.15) is 26.2 Å². The number of imidazole rings is 1. The van der Waals surface area contributed by atoms with Gasteiger partial charge in [-0.1, -0.05) is 6.92 Å². The Balaban J connectivity index is 2.09. The fourth-order valence-electron chi connectivity index (χ4n) is 2.09. The molecule has 0 amide bonds. The number of aromatic nitrogens is 4. The van der Waals surface area contributed by atoms with E-state index in [9.17, 15) is 0 Å². The van der Waals surface area contributed by atoms with Gasteiger partial charge in [0, 0.05) is 12.6 Å². The lowest BCUT2D eigenvalue weighted by molar-refractivity contribution is 0.752. The van der Waals surface area contributed by atoms with Crippen molar-refractivity contribution in [3.63, 3.8) is 0 Å². The normalized spacial score (nSPS) is 15.4. The van der Waals surface area contributed by atoms with Crippen LogP contribution in [0.3, 0.4) is 0 Å². The quantitative estimate of drug-likeness (QED) is 0.848. The number of anilines is 1. The molecule has 2 aromatic heterocycles. The van der Waals surface area contributed by atoms with Crippen molar-refractivity contribution in [2.45, 2.75) is 32.2 Å². The number of halogens is 1. The van der Waals surface area contributed by atoms with E-state index in [-0.39, 0.29) is 5.28 Å². The SMILES string of the molecule is CCCN(c1nc(Cl)nc2nc[nH]c12)C1CC1. The molecule has 1 N–H and O–H groups in total. The van der Waals surface area contributed by atoms with Crippen LogP contribution < -0.4 is 4.90 Å². The summed E-state index contributed by atoms with van der Waals surface area (Å²) in [6, 6.07) is 0.604. The number of H-pyrrole nitrogens is 1. The average Bonchev–Trinajstić information content (AvgIpc) is 3.04. The van der Waals surface area contributed by atoms with Crippen LogP contribution in [0.2, 0.25) is 5.28 Å². The maximum atomic E-state index is 5.95. The molecular weight excluding hydrogens is 238 g/mol. The zero-order valence-electron chi connectivity index (χ0n) is 9.65. The van der Waals surface area contributed by atoms with Crippen molar-refractivity contribution < 1.29 is 0 Å². The molecule has 1 fully saturated rings. The number of nitrogens with zero attached hydrogens (tertiary/aromatic N) is 4. The summed E-state index contributed by atoms with van der Waals surface area (Å²) in [5.74, 6) is 0.891. The third kappa shape index (κ3) is 1.95. The van der Waals surface area contributed by atoms with E-state index in [1.165, 1.54) is 12.8 Å². The number of fused-ring (bicyclic) bond motifs is 1. The summed E-state index contributed by atoms with van der Waals surface area (Å²) in [5.41, 5.74) is 1.52. The summed E-state index contributed by atoms with van der Waals surface area (Å²) in [5, 5.41) is 0.265. The minimum absolute atomic E-state index is 0.265. The molecule has 1 aliphatic rings. The van der Waals surface area contributed by atoms with Crippen LogP contribution in [0.15, 0.2) is 6.33 Å². The molecule has 0 radical (unpaired) electrons. The molecule has 6 heteroatoms. The number of aromatic amines is 1. The Labute approximate surface area is 104 Å². The van der Waals surface area contributed by atoms with Crippen molar-refractivity contribution in [3.05, 3.63) is 11.6 Å². The molecule has 0 bridgehead atoms.